The third-order valence-corrected chi connectivity index (χ3v) is 3.52. The van der Waals surface area contributed by atoms with Gasteiger partial charge >= 0.3 is 0 Å². The SMILES string of the molecule is CNC(C)(C)Sc1ccc2c(c1)OCO2. The third-order valence-electron chi connectivity index (χ3n) is 2.32. The predicted octanol–water partition coefficient (Wildman–Crippen LogP) is 2.46. The van der Waals surface area contributed by atoms with E-state index in [1.807, 2.05) is 19.2 Å². The van der Waals surface area contributed by atoms with Gasteiger partial charge in [0.1, 0.15) is 0 Å². The van der Waals surface area contributed by atoms with Crippen molar-refractivity contribution < 1.29 is 9.47 Å². The van der Waals surface area contributed by atoms with Crippen LogP contribution in [-0.4, -0.2) is 18.7 Å². The first-order valence-electron chi connectivity index (χ1n) is 4.88. The van der Waals surface area contributed by atoms with Gasteiger partial charge in [-0.1, -0.05) is 0 Å². The molecule has 0 fully saturated rings. The van der Waals surface area contributed by atoms with Crippen molar-refractivity contribution in [3.63, 3.8) is 0 Å². The van der Waals surface area contributed by atoms with Gasteiger partial charge in [-0.3, -0.25) is 0 Å². The van der Waals surface area contributed by atoms with Crippen LogP contribution in [0.4, 0.5) is 0 Å². The second-order valence-corrected chi connectivity index (χ2v) is 5.57. The summed E-state index contributed by atoms with van der Waals surface area (Å²) in [6.45, 7) is 4.61. The van der Waals surface area contributed by atoms with Crippen LogP contribution in [0.25, 0.3) is 0 Å². The summed E-state index contributed by atoms with van der Waals surface area (Å²) < 4.78 is 10.6. The Labute approximate surface area is 94.2 Å². The summed E-state index contributed by atoms with van der Waals surface area (Å²) in [5, 5.41) is 3.25. The zero-order chi connectivity index (χ0) is 10.9. The molecule has 0 atom stereocenters. The Morgan fingerprint density at radius 1 is 1.27 bits per heavy atom. The Morgan fingerprint density at radius 2 is 2.00 bits per heavy atom. The quantitative estimate of drug-likeness (QED) is 0.632. The fourth-order valence-corrected chi connectivity index (χ4v) is 2.28. The number of hydrogen-bond acceptors (Lipinski definition) is 4. The average molecular weight is 225 g/mol. The second kappa shape index (κ2) is 3.94. The summed E-state index contributed by atoms with van der Waals surface area (Å²) in [5.41, 5.74) is 0. The Balaban J connectivity index is 2.17. The number of fused-ring (bicyclic) bond motifs is 1. The minimum atomic E-state index is 0.0215. The highest BCUT2D eigenvalue weighted by molar-refractivity contribution is 8.00. The molecular weight excluding hydrogens is 210 g/mol. The van der Waals surface area contributed by atoms with Gasteiger partial charge in [0.05, 0.1) is 4.87 Å². The average Bonchev–Trinajstić information content (AvgIpc) is 2.64. The smallest absolute Gasteiger partial charge is 0.231 e. The maximum Gasteiger partial charge on any atom is 0.231 e. The lowest BCUT2D eigenvalue weighted by molar-refractivity contribution is 0.174. The fraction of sp³-hybridized carbons (Fsp3) is 0.455. The third kappa shape index (κ3) is 2.38. The lowest BCUT2D eigenvalue weighted by Crippen LogP contribution is -2.31. The van der Waals surface area contributed by atoms with Crippen molar-refractivity contribution in [1.82, 2.24) is 5.32 Å². The van der Waals surface area contributed by atoms with E-state index in [0.29, 0.717) is 6.79 Å². The number of hydrogen-bond donors (Lipinski definition) is 1. The largest absolute Gasteiger partial charge is 0.454 e. The summed E-state index contributed by atoms with van der Waals surface area (Å²) in [5.74, 6) is 1.67. The molecule has 0 bridgehead atoms. The molecule has 4 heteroatoms. The van der Waals surface area contributed by atoms with Crippen molar-refractivity contribution in [3.05, 3.63) is 18.2 Å². The van der Waals surface area contributed by atoms with Crippen LogP contribution in [0, 0.1) is 0 Å². The minimum absolute atomic E-state index is 0.0215. The molecule has 1 aromatic carbocycles. The van der Waals surface area contributed by atoms with Crippen LogP contribution in [0.3, 0.4) is 0 Å². The van der Waals surface area contributed by atoms with E-state index in [4.69, 9.17) is 9.47 Å². The molecule has 0 aromatic heterocycles. The van der Waals surface area contributed by atoms with Crippen molar-refractivity contribution in [2.45, 2.75) is 23.6 Å². The molecule has 15 heavy (non-hydrogen) atoms. The first kappa shape index (κ1) is 10.6. The van der Waals surface area contributed by atoms with Crippen LogP contribution in [0.2, 0.25) is 0 Å². The Bertz CT molecular complexity index is 366. The van der Waals surface area contributed by atoms with Crippen LogP contribution < -0.4 is 14.8 Å². The van der Waals surface area contributed by atoms with Gasteiger partial charge in [0.15, 0.2) is 11.5 Å². The maximum atomic E-state index is 5.33. The first-order valence-corrected chi connectivity index (χ1v) is 5.70. The highest BCUT2D eigenvalue weighted by Crippen LogP contribution is 2.38. The normalized spacial score (nSPS) is 14.3. The Kier molecular flexibility index (Phi) is 2.80. The van der Waals surface area contributed by atoms with Gasteiger partial charge < -0.3 is 14.8 Å². The lowest BCUT2D eigenvalue weighted by atomic mass is 10.3. The first-order chi connectivity index (χ1) is 7.11. The minimum Gasteiger partial charge on any atom is -0.454 e. The van der Waals surface area contributed by atoms with Crippen molar-refractivity contribution in [2.75, 3.05) is 13.8 Å². The zero-order valence-corrected chi connectivity index (χ0v) is 9.98. The van der Waals surface area contributed by atoms with E-state index in [1.54, 1.807) is 11.8 Å². The summed E-state index contributed by atoms with van der Waals surface area (Å²) in [6, 6.07) is 6.03. The highest BCUT2D eigenvalue weighted by atomic mass is 32.2. The van der Waals surface area contributed by atoms with Crippen LogP contribution in [0.5, 0.6) is 11.5 Å². The van der Waals surface area contributed by atoms with Crippen molar-refractivity contribution >= 4 is 11.8 Å². The molecule has 0 radical (unpaired) electrons. The van der Waals surface area contributed by atoms with Crippen molar-refractivity contribution in [1.29, 1.82) is 0 Å². The zero-order valence-electron chi connectivity index (χ0n) is 9.16. The van der Waals surface area contributed by atoms with Crippen LogP contribution in [0.1, 0.15) is 13.8 Å². The van der Waals surface area contributed by atoms with E-state index in [-0.39, 0.29) is 4.87 Å². The number of ether oxygens (including phenoxy) is 2. The summed E-state index contributed by atoms with van der Waals surface area (Å²) in [7, 11) is 1.96. The Hall–Kier alpha value is -0.870. The standard InChI is InChI=1S/C11H15NO2S/c1-11(2,12-3)15-8-4-5-9-10(6-8)14-7-13-9/h4-6,12H,7H2,1-3H3. The van der Waals surface area contributed by atoms with Gasteiger partial charge in [0.25, 0.3) is 0 Å². The molecule has 1 heterocycles. The van der Waals surface area contributed by atoms with Crippen LogP contribution in [0.15, 0.2) is 23.1 Å². The molecule has 2 rings (SSSR count). The summed E-state index contributed by atoms with van der Waals surface area (Å²) >= 11 is 1.77. The van der Waals surface area contributed by atoms with Crippen LogP contribution >= 0.6 is 11.8 Å². The van der Waals surface area contributed by atoms with E-state index in [0.717, 1.165) is 11.5 Å². The molecule has 1 aliphatic heterocycles. The van der Waals surface area contributed by atoms with E-state index in [2.05, 4.69) is 25.2 Å². The maximum absolute atomic E-state index is 5.33. The van der Waals surface area contributed by atoms with E-state index < -0.39 is 0 Å². The molecule has 3 nitrogen and oxygen atoms in total. The van der Waals surface area contributed by atoms with E-state index >= 15 is 0 Å². The molecule has 0 unspecified atom stereocenters. The molecule has 0 saturated heterocycles. The topological polar surface area (TPSA) is 30.5 Å². The molecule has 0 amide bonds. The molecule has 1 aromatic rings. The van der Waals surface area contributed by atoms with Gasteiger partial charge in [-0.25, -0.2) is 0 Å². The molecule has 0 aliphatic carbocycles. The van der Waals surface area contributed by atoms with Crippen molar-refractivity contribution in [2.24, 2.45) is 0 Å². The molecule has 0 saturated carbocycles. The van der Waals surface area contributed by atoms with Crippen LogP contribution in [-0.2, 0) is 0 Å². The molecule has 0 spiro atoms. The molecule has 82 valence electrons. The second-order valence-electron chi connectivity index (χ2n) is 3.88. The number of thioether (sulfide) groups is 1. The van der Waals surface area contributed by atoms with Gasteiger partial charge in [-0.2, -0.15) is 0 Å². The summed E-state index contributed by atoms with van der Waals surface area (Å²) in [4.78, 5) is 1.20. The van der Waals surface area contributed by atoms with Gasteiger partial charge in [0.2, 0.25) is 6.79 Å². The van der Waals surface area contributed by atoms with Gasteiger partial charge in [0, 0.05) is 4.90 Å². The number of rotatable bonds is 3. The molecule has 1 N–H and O–H groups in total. The number of nitrogens with one attached hydrogen (secondary N) is 1. The molecule has 1 aliphatic rings. The lowest BCUT2D eigenvalue weighted by Gasteiger charge is -2.23. The van der Waals surface area contributed by atoms with E-state index in [9.17, 15) is 0 Å². The van der Waals surface area contributed by atoms with E-state index in [1.165, 1.54) is 4.90 Å². The van der Waals surface area contributed by atoms with Gasteiger partial charge in [-0.15, -0.1) is 11.8 Å². The molecular formula is C11H15NO2S. The highest BCUT2D eigenvalue weighted by Gasteiger charge is 2.19. The Morgan fingerprint density at radius 3 is 2.73 bits per heavy atom. The van der Waals surface area contributed by atoms with Crippen molar-refractivity contribution in [3.8, 4) is 11.5 Å². The number of benzene rings is 1. The monoisotopic (exact) mass is 225 g/mol. The predicted molar refractivity (Wildman–Crippen MR) is 61.6 cm³/mol. The van der Waals surface area contributed by atoms with Gasteiger partial charge in [-0.05, 0) is 39.1 Å². The summed E-state index contributed by atoms with van der Waals surface area (Å²) in [6.07, 6.45) is 0. The fourth-order valence-electron chi connectivity index (χ4n) is 1.29.